The topological polar surface area (TPSA) is 49.4 Å². The summed E-state index contributed by atoms with van der Waals surface area (Å²) in [6.07, 6.45) is 0.627. The van der Waals surface area contributed by atoms with Gasteiger partial charge in [0, 0.05) is 17.3 Å². The van der Waals surface area contributed by atoms with Crippen molar-refractivity contribution in [2.24, 2.45) is 0 Å². The molecule has 4 rings (SSSR count). The van der Waals surface area contributed by atoms with Crippen LogP contribution in [0, 0.1) is 11.6 Å². The molecule has 1 N–H and O–H groups in total. The van der Waals surface area contributed by atoms with E-state index in [-0.39, 0.29) is 29.2 Å². The van der Waals surface area contributed by atoms with Gasteiger partial charge in [0.2, 0.25) is 11.8 Å². The molecule has 0 radical (unpaired) electrons. The number of anilines is 2. The van der Waals surface area contributed by atoms with Crippen molar-refractivity contribution in [1.29, 1.82) is 0 Å². The summed E-state index contributed by atoms with van der Waals surface area (Å²) in [7, 11) is 0. The number of halogens is 2. The van der Waals surface area contributed by atoms with E-state index < -0.39 is 17.0 Å². The zero-order valence-electron chi connectivity index (χ0n) is 17.4. The molecule has 164 valence electrons. The van der Waals surface area contributed by atoms with Crippen molar-refractivity contribution in [3.8, 4) is 0 Å². The van der Waals surface area contributed by atoms with E-state index in [4.69, 9.17) is 0 Å². The maximum atomic E-state index is 14.5. The summed E-state index contributed by atoms with van der Waals surface area (Å²) in [6.45, 7) is 1.95. The first-order valence-electron chi connectivity index (χ1n) is 10.3. The van der Waals surface area contributed by atoms with Crippen molar-refractivity contribution in [1.82, 2.24) is 0 Å². The molecule has 0 aromatic heterocycles. The normalized spacial score (nSPS) is 16.8. The predicted molar refractivity (Wildman–Crippen MR) is 124 cm³/mol. The molecule has 1 fully saturated rings. The van der Waals surface area contributed by atoms with Gasteiger partial charge in [0.05, 0.1) is 17.4 Å². The molecule has 0 saturated carbocycles. The molecule has 0 aliphatic carbocycles. The van der Waals surface area contributed by atoms with Crippen molar-refractivity contribution in [3.63, 3.8) is 0 Å². The van der Waals surface area contributed by atoms with Gasteiger partial charge in [0.25, 0.3) is 0 Å². The van der Waals surface area contributed by atoms with Crippen LogP contribution in [0.25, 0.3) is 0 Å². The van der Waals surface area contributed by atoms with Gasteiger partial charge in [-0.05, 0) is 30.2 Å². The number of nitrogens with one attached hydrogen (secondary N) is 1. The Morgan fingerprint density at radius 2 is 1.81 bits per heavy atom. The zero-order chi connectivity index (χ0) is 22.7. The van der Waals surface area contributed by atoms with Crippen LogP contribution in [0.5, 0.6) is 0 Å². The fraction of sp³-hybridized carbons (Fsp3) is 0.200. The highest BCUT2D eigenvalue weighted by molar-refractivity contribution is 8.00. The Morgan fingerprint density at radius 1 is 1.09 bits per heavy atom. The smallest absolute Gasteiger partial charge is 0.238 e. The summed E-state index contributed by atoms with van der Waals surface area (Å²) in [5, 5.41) is 2.46. The van der Waals surface area contributed by atoms with Crippen LogP contribution < -0.4 is 10.2 Å². The van der Waals surface area contributed by atoms with E-state index in [9.17, 15) is 18.4 Å². The molecule has 7 heteroatoms. The van der Waals surface area contributed by atoms with Crippen LogP contribution >= 0.6 is 11.8 Å². The van der Waals surface area contributed by atoms with Crippen LogP contribution in [0.4, 0.5) is 20.2 Å². The lowest BCUT2D eigenvalue weighted by Gasteiger charge is -2.27. The minimum Gasteiger partial charge on any atom is -0.325 e. The molecule has 1 aliphatic heterocycles. The van der Waals surface area contributed by atoms with Gasteiger partial charge in [-0.1, -0.05) is 55.5 Å². The minimum absolute atomic E-state index is 0.0169. The second kappa shape index (κ2) is 9.53. The van der Waals surface area contributed by atoms with E-state index in [0.29, 0.717) is 17.7 Å². The number of hydrogen-bond donors (Lipinski definition) is 1. The van der Waals surface area contributed by atoms with Gasteiger partial charge in [-0.3, -0.25) is 14.5 Å². The minimum atomic E-state index is -0.803. The lowest BCUT2D eigenvalue weighted by molar-refractivity contribution is -0.117. The first-order chi connectivity index (χ1) is 15.5. The Kier molecular flexibility index (Phi) is 6.55. The van der Waals surface area contributed by atoms with Crippen molar-refractivity contribution in [2.75, 3.05) is 16.0 Å². The van der Waals surface area contributed by atoms with Crippen LogP contribution in [0.3, 0.4) is 0 Å². The van der Waals surface area contributed by atoms with Crippen molar-refractivity contribution < 1.29 is 18.4 Å². The van der Waals surface area contributed by atoms with E-state index in [1.165, 1.54) is 22.7 Å². The monoisotopic (exact) mass is 452 g/mol. The van der Waals surface area contributed by atoms with E-state index in [2.05, 4.69) is 5.32 Å². The van der Waals surface area contributed by atoms with Gasteiger partial charge in [0.15, 0.2) is 0 Å². The van der Waals surface area contributed by atoms with Gasteiger partial charge in [-0.15, -0.1) is 11.8 Å². The number of carbonyl (C=O) groups excluding carboxylic acids is 2. The zero-order valence-corrected chi connectivity index (χ0v) is 18.2. The highest BCUT2D eigenvalue weighted by Gasteiger charge is 2.37. The second-order valence-electron chi connectivity index (χ2n) is 7.47. The fourth-order valence-corrected chi connectivity index (χ4v) is 5.10. The predicted octanol–water partition coefficient (Wildman–Crippen LogP) is 5.88. The number of hydrogen-bond acceptors (Lipinski definition) is 3. The van der Waals surface area contributed by atoms with Gasteiger partial charge >= 0.3 is 0 Å². The number of thioether (sulfide) groups is 1. The van der Waals surface area contributed by atoms with Crippen LogP contribution in [0.15, 0.2) is 72.8 Å². The third-order valence-electron chi connectivity index (χ3n) is 5.45. The molecule has 1 saturated heterocycles. The number of para-hydroxylation sites is 1. The summed E-state index contributed by atoms with van der Waals surface area (Å²) in [4.78, 5) is 27.1. The lowest BCUT2D eigenvalue weighted by atomic mass is 9.95. The van der Waals surface area contributed by atoms with Gasteiger partial charge < -0.3 is 5.32 Å². The molecule has 32 heavy (non-hydrogen) atoms. The molecular formula is C25H22F2N2O2S. The third kappa shape index (κ3) is 4.39. The molecule has 0 spiro atoms. The Labute approximate surface area is 189 Å². The maximum absolute atomic E-state index is 14.5. The number of amides is 2. The third-order valence-corrected chi connectivity index (χ3v) is 6.64. The Hall–Kier alpha value is -3.19. The molecule has 3 aromatic carbocycles. The molecule has 2 unspecified atom stereocenters. The quantitative estimate of drug-likeness (QED) is 0.508. The molecule has 2 amide bonds. The maximum Gasteiger partial charge on any atom is 0.238 e. The molecule has 3 aromatic rings. The average molecular weight is 453 g/mol. The first-order valence-corrected chi connectivity index (χ1v) is 11.4. The van der Waals surface area contributed by atoms with Crippen LogP contribution in [0.1, 0.15) is 35.8 Å². The fourth-order valence-electron chi connectivity index (χ4n) is 3.90. The van der Waals surface area contributed by atoms with E-state index >= 15 is 0 Å². The Bertz CT molecular complexity index is 1140. The van der Waals surface area contributed by atoms with Crippen LogP contribution in [-0.4, -0.2) is 17.6 Å². The largest absolute Gasteiger partial charge is 0.325 e. The van der Waals surface area contributed by atoms with E-state index in [1.54, 1.807) is 12.1 Å². The SMILES string of the molecule is CCC(C(=O)Nc1ccccc1C1SCC(=O)N1c1ccc(F)cc1F)c1ccccc1. The van der Waals surface area contributed by atoms with Crippen molar-refractivity contribution >= 4 is 35.0 Å². The van der Waals surface area contributed by atoms with Crippen molar-refractivity contribution in [2.45, 2.75) is 24.6 Å². The van der Waals surface area contributed by atoms with Gasteiger partial charge in [-0.25, -0.2) is 8.78 Å². The molecular weight excluding hydrogens is 430 g/mol. The van der Waals surface area contributed by atoms with E-state index in [0.717, 1.165) is 17.7 Å². The number of benzene rings is 3. The standard InChI is InChI=1S/C25H22F2N2O2S/c1-2-18(16-8-4-3-5-9-16)24(31)28-21-11-7-6-10-19(21)25-29(23(30)15-32-25)22-13-12-17(26)14-20(22)27/h3-14,18,25H,2,15H2,1H3,(H,28,31). The summed E-state index contributed by atoms with van der Waals surface area (Å²) in [5.74, 6) is -2.11. The first kappa shape index (κ1) is 22.0. The molecule has 1 aliphatic rings. The van der Waals surface area contributed by atoms with E-state index in [1.807, 2.05) is 49.4 Å². The number of rotatable bonds is 6. The summed E-state index contributed by atoms with van der Waals surface area (Å²) < 4.78 is 27.9. The highest BCUT2D eigenvalue weighted by atomic mass is 32.2. The molecule has 4 nitrogen and oxygen atoms in total. The van der Waals surface area contributed by atoms with Crippen LogP contribution in [-0.2, 0) is 9.59 Å². The lowest BCUT2D eigenvalue weighted by Crippen LogP contribution is -2.29. The Morgan fingerprint density at radius 3 is 2.53 bits per heavy atom. The molecule has 0 bridgehead atoms. The number of nitrogens with zero attached hydrogens (tertiary/aromatic N) is 1. The van der Waals surface area contributed by atoms with Crippen molar-refractivity contribution in [3.05, 3.63) is 95.6 Å². The van der Waals surface area contributed by atoms with Gasteiger partial charge in [0.1, 0.15) is 17.0 Å². The summed E-state index contributed by atoms with van der Waals surface area (Å²) in [5.41, 5.74) is 2.18. The van der Waals surface area contributed by atoms with Gasteiger partial charge in [-0.2, -0.15) is 0 Å². The number of carbonyl (C=O) groups is 2. The highest BCUT2D eigenvalue weighted by Crippen LogP contribution is 2.45. The summed E-state index contributed by atoms with van der Waals surface area (Å²) in [6, 6.07) is 19.9. The molecule has 1 heterocycles. The van der Waals surface area contributed by atoms with Crippen LogP contribution in [0.2, 0.25) is 0 Å². The second-order valence-corrected chi connectivity index (χ2v) is 8.54. The Balaban J connectivity index is 1.65. The summed E-state index contributed by atoms with van der Waals surface area (Å²) >= 11 is 1.34. The molecule has 2 atom stereocenters. The average Bonchev–Trinajstić information content (AvgIpc) is 3.16.